The Morgan fingerprint density at radius 3 is 1.73 bits per heavy atom. The third-order valence-electron chi connectivity index (χ3n) is 4.73. The largest absolute Gasteiger partial charge is 0.252 e. The van der Waals surface area contributed by atoms with Gasteiger partial charge in [0.2, 0.25) is 0 Å². The summed E-state index contributed by atoms with van der Waals surface area (Å²) in [6, 6.07) is 12.8. The molecule has 2 aromatic rings. The number of hydrogen-bond donors (Lipinski definition) is 0. The summed E-state index contributed by atoms with van der Waals surface area (Å²) in [6.45, 7) is 12.8. The molecular weight excluding hydrogens is 411 g/mol. The van der Waals surface area contributed by atoms with E-state index in [0.29, 0.717) is 0 Å². The first-order valence-electron chi connectivity index (χ1n) is 9.18. The maximum absolute atomic E-state index is 4.92. The van der Waals surface area contributed by atoms with Crippen molar-refractivity contribution >= 4 is 22.8 Å². The van der Waals surface area contributed by atoms with Gasteiger partial charge < -0.3 is 0 Å². The zero-order valence-electron chi connectivity index (χ0n) is 16.8. The smallest absolute Gasteiger partial charge is 0.0636 e. The van der Waals surface area contributed by atoms with Crippen LogP contribution in [0.3, 0.4) is 0 Å². The topological polar surface area (TPSA) is 24.7 Å². The predicted octanol–water partition coefficient (Wildman–Crippen LogP) is 6.97. The summed E-state index contributed by atoms with van der Waals surface area (Å²) in [5.74, 6) is 0. The summed E-state index contributed by atoms with van der Waals surface area (Å²) in [5.41, 5.74) is 9.27. The second kappa shape index (κ2) is 10.6. The molecule has 142 valence electrons. The monoisotopic (exact) mass is 440 g/mol. The van der Waals surface area contributed by atoms with E-state index < -0.39 is 0 Å². The minimum absolute atomic E-state index is 0. The molecule has 0 spiro atoms. The zero-order chi connectivity index (χ0) is 18.4. The number of aryl methyl sites for hydroxylation is 4. The Labute approximate surface area is 172 Å². The van der Waals surface area contributed by atoms with Gasteiger partial charge in [-0.1, -0.05) is 25.5 Å². The average molecular weight is 441 g/mol. The molecule has 0 aromatic heterocycles. The van der Waals surface area contributed by atoms with Gasteiger partial charge >= 0.3 is 0 Å². The molecule has 0 aliphatic heterocycles. The first-order valence-corrected chi connectivity index (χ1v) is 9.18. The number of aliphatic imine (C=N–C) groups is 2. The fraction of sp³-hybridized carbons (Fsp3) is 0.391. The summed E-state index contributed by atoms with van der Waals surface area (Å²) in [4.78, 5) is 9.76. The predicted molar refractivity (Wildman–Crippen MR) is 111 cm³/mol. The van der Waals surface area contributed by atoms with Gasteiger partial charge in [0, 0.05) is 20.4 Å². The Morgan fingerprint density at radius 1 is 0.769 bits per heavy atom. The molecule has 0 saturated heterocycles. The van der Waals surface area contributed by atoms with Crippen molar-refractivity contribution in [3.63, 3.8) is 0 Å². The van der Waals surface area contributed by atoms with Crippen molar-refractivity contribution in [1.29, 1.82) is 0 Å². The SMILES string of the molecule is CCCCC(=Nc1ccc(C)c(C)c1)C(C)=Nc1ccc(C)c(C)c1.[Pd]. The molecule has 0 N–H and O–H groups in total. The fourth-order valence-electron chi connectivity index (χ4n) is 2.67. The second-order valence-electron chi connectivity index (χ2n) is 6.90. The Bertz CT molecular complexity index is 804. The van der Waals surface area contributed by atoms with Crippen LogP contribution in [0.25, 0.3) is 0 Å². The molecule has 2 nitrogen and oxygen atoms in total. The van der Waals surface area contributed by atoms with Gasteiger partial charge in [0.15, 0.2) is 0 Å². The Morgan fingerprint density at radius 2 is 1.27 bits per heavy atom. The molecule has 0 fully saturated rings. The van der Waals surface area contributed by atoms with Gasteiger partial charge in [-0.05, 0) is 94.0 Å². The Hall–Kier alpha value is -1.56. The Kier molecular flexibility index (Phi) is 9.13. The quantitative estimate of drug-likeness (QED) is 0.342. The molecule has 0 unspecified atom stereocenters. The van der Waals surface area contributed by atoms with Crippen LogP contribution in [0.15, 0.2) is 46.4 Å². The van der Waals surface area contributed by atoms with E-state index >= 15 is 0 Å². The number of rotatable bonds is 6. The summed E-state index contributed by atoms with van der Waals surface area (Å²) in [7, 11) is 0. The third kappa shape index (κ3) is 6.31. The van der Waals surface area contributed by atoms with Crippen molar-refractivity contribution in [2.45, 2.75) is 60.8 Å². The van der Waals surface area contributed by atoms with Crippen LogP contribution in [0.1, 0.15) is 55.4 Å². The molecule has 26 heavy (non-hydrogen) atoms. The van der Waals surface area contributed by atoms with Crippen LogP contribution < -0.4 is 0 Å². The van der Waals surface area contributed by atoms with E-state index in [1.165, 1.54) is 22.3 Å². The molecule has 0 aliphatic carbocycles. The van der Waals surface area contributed by atoms with Crippen molar-refractivity contribution < 1.29 is 20.4 Å². The van der Waals surface area contributed by atoms with Crippen LogP contribution in [-0.4, -0.2) is 11.4 Å². The van der Waals surface area contributed by atoms with Gasteiger partial charge in [0.05, 0.1) is 22.8 Å². The maximum atomic E-state index is 4.92. The first-order chi connectivity index (χ1) is 11.9. The minimum atomic E-state index is 0. The van der Waals surface area contributed by atoms with Gasteiger partial charge in [-0.25, -0.2) is 0 Å². The van der Waals surface area contributed by atoms with E-state index in [2.05, 4.69) is 77.9 Å². The van der Waals surface area contributed by atoms with E-state index in [4.69, 9.17) is 9.98 Å². The van der Waals surface area contributed by atoms with Crippen molar-refractivity contribution in [2.24, 2.45) is 9.98 Å². The van der Waals surface area contributed by atoms with E-state index in [0.717, 1.165) is 42.1 Å². The zero-order valence-corrected chi connectivity index (χ0v) is 18.4. The van der Waals surface area contributed by atoms with Crippen LogP contribution in [0.5, 0.6) is 0 Å². The average Bonchev–Trinajstić information content (AvgIpc) is 2.58. The Balaban J connectivity index is 0.00000338. The first kappa shape index (κ1) is 22.5. The van der Waals surface area contributed by atoms with Crippen LogP contribution >= 0.6 is 0 Å². The molecule has 0 bridgehead atoms. The van der Waals surface area contributed by atoms with E-state index in [1.54, 1.807) is 0 Å². The van der Waals surface area contributed by atoms with Crippen LogP contribution in [0.2, 0.25) is 0 Å². The number of benzene rings is 2. The molecule has 0 atom stereocenters. The number of hydrogen-bond acceptors (Lipinski definition) is 2. The van der Waals surface area contributed by atoms with Crippen molar-refractivity contribution in [2.75, 3.05) is 0 Å². The summed E-state index contributed by atoms with van der Waals surface area (Å²) < 4.78 is 0. The number of unbranched alkanes of at least 4 members (excludes halogenated alkanes) is 1. The third-order valence-corrected chi connectivity index (χ3v) is 4.73. The molecule has 2 aromatic carbocycles. The minimum Gasteiger partial charge on any atom is -0.252 e. The van der Waals surface area contributed by atoms with Gasteiger partial charge in [-0.15, -0.1) is 0 Å². The van der Waals surface area contributed by atoms with Crippen LogP contribution in [0, 0.1) is 27.7 Å². The molecule has 0 saturated carbocycles. The normalized spacial score (nSPS) is 12.1. The van der Waals surface area contributed by atoms with Gasteiger partial charge in [0.25, 0.3) is 0 Å². The van der Waals surface area contributed by atoms with Crippen molar-refractivity contribution in [3.8, 4) is 0 Å². The molecule has 3 heteroatoms. The van der Waals surface area contributed by atoms with Crippen LogP contribution in [-0.2, 0) is 20.4 Å². The number of nitrogens with zero attached hydrogens (tertiary/aromatic N) is 2. The summed E-state index contributed by atoms with van der Waals surface area (Å²) in [6.07, 6.45) is 3.25. The summed E-state index contributed by atoms with van der Waals surface area (Å²) >= 11 is 0. The van der Waals surface area contributed by atoms with E-state index in [1.807, 2.05) is 0 Å². The summed E-state index contributed by atoms with van der Waals surface area (Å²) in [5, 5.41) is 0. The maximum Gasteiger partial charge on any atom is 0.0636 e. The van der Waals surface area contributed by atoms with Crippen LogP contribution in [0.4, 0.5) is 11.4 Å². The van der Waals surface area contributed by atoms with E-state index in [-0.39, 0.29) is 20.4 Å². The molecule has 0 amide bonds. The molecule has 0 radical (unpaired) electrons. The van der Waals surface area contributed by atoms with Gasteiger partial charge in [-0.3, -0.25) is 9.98 Å². The fourth-order valence-corrected chi connectivity index (χ4v) is 2.67. The second-order valence-corrected chi connectivity index (χ2v) is 6.90. The van der Waals surface area contributed by atoms with Crippen molar-refractivity contribution in [1.82, 2.24) is 0 Å². The molecule has 0 heterocycles. The van der Waals surface area contributed by atoms with Crippen molar-refractivity contribution in [3.05, 3.63) is 58.7 Å². The van der Waals surface area contributed by atoms with Gasteiger partial charge in [0.1, 0.15) is 0 Å². The van der Waals surface area contributed by atoms with E-state index in [9.17, 15) is 0 Å². The molecular formula is C23H30N2Pd. The molecule has 0 aliphatic rings. The standard InChI is InChI=1S/C23H30N2.Pd/c1-7-8-9-23(25-22-13-11-17(3)19(5)15-22)20(6)24-21-12-10-16(2)18(4)14-21;/h10-15H,7-9H2,1-6H3;. The molecule has 2 rings (SSSR count). The van der Waals surface area contributed by atoms with Gasteiger partial charge in [-0.2, -0.15) is 0 Å².